The summed E-state index contributed by atoms with van der Waals surface area (Å²) >= 11 is 0. The second-order valence-corrected chi connectivity index (χ2v) is 8.87. The molecule has 1 rings (SSSR count). The maximum Gasteiger partial charge on any atom is 0.168 e. The molecule has 0 aliphatic heterocycles. The largest absolute Gasteiger partial charge is 1.00 e. The predicted molar refractivity (Wildman–Crippen MR) is 136 cm³/mol. The minimum absolute atomic E-state index is 0. The van der Waals surface area contributed by atoms with E-state index >= 15 is 0 Å². The van der Waals surface area contributed by atoms with E-state index in [9.17, 15) is 0 Å². The van der Waals surface area contributed by atoms with Gasteiger partial charge in [0.15, 0.2) is 12.4 Å². The van der Waals surface area contributed by atoms with Crippen molar-refractivity contribution in [2.45, 2.75) is 135 Å². The first-order chi connectivity index (χ1) is 15.4. The van der Waals surface area contributed by atoms with Crippen molar-refractivity contribution in [1.29, 1.82) is 0 Å². The van der Waals surface area contributed by atoms with Crippen LogP contribution in [0.15, 0.2) is 30.6 Å². The second-order valence-electron chi connectivity index (χ2n) is 8.87. The van der Waals surface area contributed by atoms with Crippen molar-refractivity contribution >= 4 is 0 Å². The molecule has 0 unspecified atom stereocenters. The first-order valence-corrected chi connectivity index (χ1v) is 13.3. The summed E-state index contributed by atoms with van der Waals surface area (Å²) in [6, 6.07) is 6.28. The molecule has 0 N–H and O–H groups in total. The van der Waals surface area contributed by atoms with E-state index in [1.54, 1.807) is 0 Å². The van der Waals surface area contributed by atoms with Gasteiger partial charge in [0.25, 0.3) is 0 Å². The Bertz CT molecular complexity index is 617. The van der Waals surface area contributed by atoms with Gasteiger partial charge >= 0.3 is 0 Å². The molecule has 0 fully saturated rings. The van der Waals surface area contributed by atoms with Gasteiger partial charge in [-0.15, -0.1) is 0 Å². The molecule has 0 spiro atoms. The smallest absolute Gasteiger partial charge is 0.168 e. The molecule has 0 amide bonds. The summed E-state index contributed by atoms with van der Waals surface area (Å²) in [7, 11) is 0. The summed E-state index contributed by atoms with van der Waals surface area (Å²) < 4.78 is 2.28. The minimum Gasteiger partial charge on any atom is -1.00 e. The molecule has 180 valence electrons. The Labute approximate surface area is 210 Å². The molecule has 0 saturated heterocycles. The molecule has 1 aromatic rings. The van der Waals surface area contributed by atoms with Crippen LogP contribution in [-0.2, 0) is 6.54 Å². The molecule has 0 atom stereocenters. The van der Waals surface area contributed by atoms with Crippen LogP contribution in [0.4, 0.5) is 0 Å². The van der Waals surface area contributed by atoms with Crippen molar-refractivity contribution < 1.29 is 21.5 Å². The lowest BCUT2D eigenvalue weighted by molar-refractivity contribution is -0.697. The maximum atomic E-state index is 3.23. The molecular formula is C30H48BrN. The second kappa shape index (κ2) is 26.0. The Kier molecular flexibility index (Phi) is 25.0. The van der Waals surface area contributed by atoms with Crippen molar-refractivity contribution in [3.8, 4) is 23.7 Å². The molecule has 0 radical (unpaired) electrons. The van der Waals surface area contributed by atoms with Gasteiger partial charge in [-0.25, -0.2) is 4.57 Å². The van der Waals surface area contributed by atoms with Crippen LogP contribution in [0.1, 0.15) is 129 Å². The number of nitrogens with zero attached hydrogens (tertiary/aromatic N) is 1. The third-order valence-corrected chi connectivity index (χ3v) is 5.89. The Morgan fingerprint density at radius 2 is 0.906 bits per heavy atom. The third kappa shape index (κ3) is 22.0. The summed E-state index contributed by atoms with van der Waals surface area (Å²) in [5.74, 6) is 12.5. The molecule has 0 aliphatic rings. The minimum atomic E-state index is 0. The highest BCUT2D eigenvalue weighted by Gasteiger charge is 1.97. The zero-order chi connectivity index (χ0) is 22.1. The first kappa shape index (κ1) is 30.8. The van der Waals surface area contributed by atoms with Crippen LogP contribution < -0.4 is 21.5 Å². The lowest BCUT2D eigenvalue weighted by atomic mass is 10.1. The molecule has 32 heavy (non-hydrogen) atoms. The van der Waals surface area contributed by atoms with Crippen LogP contribution in [0.5, 0.6) is 0 Å². The number of hydrogen-bond acceptors (Lipinski definition) is 0. The van der Waals surface area contributed by atoms with Gasteiger partial charge in [0.1, 0.15) is 6.54 Å². The highest BCUT2D eigenvalue weighted by Crippen LogP contribution is 2.11. The Morgan fingerprint density at radius 1 is 0.500 bits per heavy atom. The third-order valence-electron chi connectivity index (χ3n) is 5.89. The average Bonchev–Trinajstić information content (AvgIpc) is 2.80. The van der Waals surface area contributed by atoms with Gasteiger partial charge in [0.2, 0.25) is 0 Å². The first-order valence-electron chi connectivity index (χ1n) is 13.3. The van der Waals surface area contributed by atoms with Gasteiger partial charge in [-0.1, -0.05) is 108 Å². The Balaban J connectivity index is 0.00000961. The van der Waals surface area contributed by atoms with E-state index < -0.39 is 0 Å². The number of halogens is 1. The van der Waals surface area contributed by atoms with E-state index in [2.05, 4.69) is 65.8 Å². The number of hydrogen-bond donors (Lipinski definition) is 0. The average molecular weight is 503 g/mol. The quantitative estimate of drug-likeness (QED) is 0.135. The molecule has 2 heteroatoms. The summed E-state index contributed by atoms with van der Waals surface area (Å²) in [4.78, 5) is 0. The summed E-state index contributed by atoms with van der Waals surface area (Å²) in [5.41, 5.74) is 0. The standard InChI is InChI=1S/C30H48N.BrH/c1-2-3-4-5-6-7-8-9-10-11-12-13-14-15-16-17-18-19-20-21-22-23-25-28-31-29-26-24-27-30-31;/h24,26-27,29-30H,2-12,17-23,25,28H2,1H3;1H/q+1;/p-1. The van der Waals surface area contributed by atoms with Gasteiger partial charge in [-0.2, -0.15) is 0 Å². The number of unbranched alkanes of at least 4 members (excludes halogenated alkanes) is 17. The van der Waals surface area contributed by atoms with E-state index in [1.807, 2.05) is 0 Å². The Hall–Kier alpha value is -1.25. The van der Waals surface area contributed by atoms with Crippen molar-refractivity contribution in [3.63, 3.8) is 0 Å². The fraction of sp³-hybridized carbons (Fsp3) is 0.700. The van der Waals surface area contributed by atoms with Gasteiger partial charge in [0, 0.05) is 31.4 Å². The van der Waals surface area contributed by atoms with Gasteiger partial charge in [-0.05, 0) is 31.1 Å². The molecular weight excluding hydrogens is 454 g/mol. The van der Waals surface area contributed by atoms with Crippen LogP contribution >= 0.6 is 0 Å². The van der Waals surface area contributed by atoms with Gasteiger partial charge in [-0.3, -0.25) is 0 Å². The lowest BCUT2D eigenvalue weighted by Crippen LogP contribution is -3.00. The fourth-order valence-electron chi connectivity index (χ4n) is 3.89. The summed E-state index contributed by atoms with van der Waals surface area (Å²) in [5, 5.41) is 0. The van der Waals surface area contributed by atoms with Gasteiger partial charge < -0.3 is 17.0 Å². The monoisotopic (exact) mass is 501 g/mol. The molecule has 1 heterocycles. The van der Waals surface area contributed by atoms with Gasteiger partial charge in [0.05, 0.1) is 0 Å². The zero-order valence-corrected chi connectivity index (χ0v) is 22.4. The molecule has 0 aromatic carbocycles. The van der Waals surface area contributed by atoms with E-state index in [4.69, 9.17) is 0 Å². The molecule has 0 bridgehead atoms. The Morgan fingerprint density at radius 3 is 1.38 bits per heavy atom. The van der Waals surface area contributed by atoms with Crippen LogP contribution in [-0.4, -0.2) is 0 Å². The van der Waals surface area contributed by atoms with Crippen molar-refractivity contribution in [2.75, 3.05) is 0 Å². The van der Waals surface area contributed by atoms with E-state index in [1.165, 1.54) is 109 Å². The number of rotatable bonds is 19. The number of aryl methyl sites for hydroxylation is 1. The number of pyridine rings is 1. The summed E-state index contributed by atoms with van der Waals surface area (Å²) in [6.07, 6.45) is 29.5. The lowest BCUT2D eigenvalue weighted by Gasteiger charge is -2.00. The van der Waals surface area contributed by atoms with Crippen LogP contribution in [0.2, 0.25) is 0 Å². The molecule has 0 aliphatic carbocycles. The highest BCUT2D eigenvalue weighted by atomic mass is 79.9. The number of aromatic nitrogens is 1. The van der Waals surface area contributed by atoms with E-state index in [0.717, 1.165) is 19.4 Å². The SMILES string of the molecule is CCCCCCCCCCCCC#CC#CCCCCCCCCC[n+]1ccccc1.[Br-]. The van der Waals surface area contributed by atoms with Crippen LogP contribution in [0.3, 0.4) is 0 Å². The molecule has 0 saturated carbocycles. The normalized spacial score (nSPS) is 9.91. The topological polar surface area (TPSA) is 3.88 Å². The fourth-order valence-corrected chi connectivity index (χ4v) is 3.89. The summed E-state index contributed by atoms with van der Waals surface area (Å²) in [6.45, 7) is 3.43. The molecule has 1 aromatic heterocycles. The van der Waals surface area contributed by atoms with Crippen LogP contribution in [0, 0.1) is 23.7 Å². The van der Waals surface area contributed by atoms with E-state index in [0.29, 0.717) is 0 Å². The van der Waals surface area contributed by atoms with Crippen LogP contribution in [0.25, 0.3) is 0 Å². The van der Waals surface area contributed by atoms with Crippen molar-refractivity contribution in [1.82, 2.24) is 0 Å². The zero-order valence-electron chi connectivity index (χ0n) is 20.9. The van der Waals surface area contributed by atoms with E-state index in [-0.39, 0.29) is 17.0 Å². The van der Waals surface area contributed by atoms with Crippen molar-refractivity contribution in [3.05, 3.63) is 30.6 Å². The van der Waals surface area contributed by atoms with Crippen molar-refractivity contribution in [2.24, 2.45) is 0 Å². The maximum absolute atomic E-state index is 3.23. The molecule has 1 nitrogen and oxygen atoms in total. The highest BCUT2D eigenvalue weighted by molar-refractivity contribution is 5.25. The predicted octanol–water partition coefficient (Wildman–Crippen LogP) is 5.42.